The number of aliphatic carboxylic acids is 1. The molecule has 80 heavy (non-hydrogen) atoms. The Hall–Kier alpha value is -8.85. The molecule has 0 fully saturated rings. The number of para-hydroxylation sites is 1. The van der Waals surface area contributed by atoms with Crippen LogP contribution in [0.1, 0.15) is 78.1 Å². The van der Waals surface area contributed by atoms with Crippen LogP contribution in [0.3, 0.4) is 0 Å². The number of thiazole rings is 1. The molecule has 1 aromatic heterocycles. The van der Waals surface area contributed by atoms with E-state index in [1.807, 2.05) is 99.0 Å². The molecule has 0 radical (unpaired) electrons. The molecular weight excluding hydrogens is 1050 g/mol. The number of guanidine groups is 1. The van der Waals surface area contributed by atoms with E-state index in [-0.39, 0.29) is 87.2 Å². The van der Waals surface area contributed by atoms with Crippen molar-refractivity contribution in [2.75, 3.05) is 38.6 Å². The highest BCUT2D eigenvalue weighted by Crippen LogP contribution is 2.26. The van der Waals surface area contributed by atoms with Crippen LogP contribution in [0.5, 0.6) is 5.75 Å². The van der Waals surface area contributed by atoms with Crippen LogP contribution in [-0.4, -0.2) is 92.5 Å². The van der Waals surface area contributed by atoms with Crippen LogP contribution >= 0.6 is 11.3 Å². The SMILES string of the molecule is CN(C)c1ccc(/C=C/C=C/c2sc3ccccc3[n+]2CCCC(=O)NCCNC(=O)CCCC(=O)NC(N)=NCCC[C@@H](NC(=O)C(c2ccccc2)c2ccccc2)C(=O)NCc2ccc(O)cc2)cc1.O=C([O-])C(F)(F)F. The number of nitrogens with one attached hydrogen (secondary N) is 5. The van der Waals surface area contributed by atoms with E-state index in [2.05, 4.69) is 89.6 Å². The van der Waals surface area contributed by atoms with Crippen LogP contribution in [0, 0.1) is 0 Å². The highest BCUT2D eigenvalue weighted by atomic mass is 32.1. The number of alkyl halides is 3. The van der Waals surface area contributed by atoms with Gasteiger partial charge in [-0.25, -0.2) is 0 Å². The fourth-order valence-electron chi connectivity index (χ4n) is 7.96. The highest BCUT2D eigenvalue weighted by molar-refractivity contribution is 7.18. The predicted octanol–water partition coefficient (Wildman–Crippen LogP) is 6.01. The van der Waals surface area contributed by atoms with Crippen molar-refractivity contribution >= 4 is 80.9 Å². The number of hydrogen-bond donors (Lipinski definition) is 7. The predicted molar refractivity (Wildman–Crippen MR) is 302 cm³/mol. The lowest BCUT2D eigenvalue weighted by Gasteiger charge is -2.23. The molecule has 0 aliphatic rings. The molecule has 0 spiro atoms. The lowest BCUT2D eigenvalue weighted by atomic mass is 9.90. The standard InChI is InChI=1S/C57H65N9O6S.C2HF3O2/c1-65(2)45-32-28-41(29-33-45)16-9-12-27-53-66(48-22-10-11-23-49(48)73-53)39-15-26-51(69)60-38-37-59-50(68)24-13-25-52(70)64-57(58)61-36-14-21-47(55(71)62-40-42-30-34-46(67)35-31-42)63-56(72)54(43-17-5-3-6-18-43)44-19-7-4-8-20-44;3-2(4,5)1(6)7/h3-12,16-20,22-23,27-35,47,54H,13-15,21,24-26,36-40H2,1-2H3,(H7-,58,59,60,61,62,63,64,67,68,69,70,71,72);(H,6,7)/t47-;/m1./s1. The molecule has 1 atom stereocenters. The number of allylic oxidation sites excluding steroid dienone is 2. The van der Waals surface area contributed by atoms with Gasteiger partial charge in [-0.1, -0.05) is 127 Å². The van der Waals surface area contributed by atoms with Gasteiger partial charge in [-0.05, 0) is 71.8 Å². The number of amides is 5. The smallest absolute Gasteiger partial charge is 0.430 e. The van der Waals surface area contributed by atoms with E-state index in [4.69, 9.17) is 15.6 Å². The van der Waals surface area contributed by atoms with Gasteiger partial charge in [0.05, 0.1) is 5.92 Å². The largest absolute Gasteiger partial charge is 0.542 e. The van der Waals surface area contributed by atoms with Gasteiger partial charge in [0.1, 0.15) is 22.5 Å². The second kappa shape index (κ2) is 32.1. The summed E-state index contributed by atoms with van der Waals surface area (Å²) in [6, 6.07) is 40.9. The molecule has 0 saturated carbocycles. The number of aromatic nitrogens is 1. The van der Waals surface area contributed by atoms with Crippen molar-refractivity contribution in [3.8, 4) is 5.75 Å². The maximum atomic E-state index is 14.0. The molecule has 17 nitrogen and oxygen atoms in total. The Labute approximate surface area is 466 Å². The third-order valence-corrected chi connectivity index (χ3v) is 13.2. The van der Waals surface area contributed by atoms with Gasteiger partial charge in [0, 0.05) is 83.8 Å². The van der Waals surface area contributed by atoms with Crippen molar-refractivity contribution in [2.45, 2.75) is 76.2 Å². The van der Waals surface area contributed by atoms with Gasteiger partial charge in [-0.15, -0.1) is 0 Å². The second-order valence-corrected chi connectivity index (χ2v) is 19.4. The minimum Gasteiger partial charge on any atom is -0.542 e. The van der Waals surface area contributed by atoms with E-state index in [0.717, 1.165) is 38.5 Å². The van der Waals surface area contributed by atoms with Gasteiger partial charge in [0.25, 0.3) is 5.01 Å². The van der Waals surface area contributed by atoms with Gasteiger partial charge in [0.2, 0.25) is 35.1 Å². The molecule has 0 bridgehead atoms. The Morgan fingerprint density at radius 2 is 1.27 bits per heavy atom. The lowest BCUT2D eigenvalue weighted by Crippen LogP contribution is -2.48. The zero-order valence-corrected chi connectivity index (χ0v) is 45.2. The molecule has 0 aliphatic heterocycles. The summed E-state index contributed by atoms with van der Waals surface area (Å²) < 4.78 is 35.0. The number of benzene rings is 5. The van der Waals surface area contributed by atoms with Crippen LogP contribution in [-0.2, 0) is 41.9 Å². The topological polar surface area (TPSA) is 251 Å². The molecule has 0 saturated heterocycles. The normalized spacial score (nSPS) is 11.9. The van der Waals surface area contributed by atoms with Crippen molar-refractivity contribution < 1.29 is 56.7 Å². The number of carbonyl (C=O) groups is 6. The summed E-state index contributed by atoms with van der Waals surface area (Å²) in [5, 5.41) is 33.6. The van der Waals surface area contributed by atoms with Crippen molar-refractivity contribution in [3.05, 3.63) is 173 Å². The van der Waals surface area contributed by atoms with E-state index in [1.165, 1.54) is 16.8 Å². The molecular formula is C59H66F3N9O8S. The monoisotopic (exact) mass is 1120 g/mol. The number of rotatable bonds is 26. The molecule has 5 amide bonds. The minimum absolute atomic E-state index is 0.0387. The molecule has 0 aliphatic carbocycles. The number of aromatic hydroxyl groups is 1. The molecule has 422 valence electrons. The molecule has 6 rings (SSSR count). The van der Waals surface area contributed by atoms with E-state index in [9.17, 15) is 42.3 Å². The van der Waals surface area contributed by atoms with Gasteiger partial charge >= 0.3 is 6.18 Å². The van der Waals surface area contributed by atoms with E-state index < -0.39 is 30.0 Å². The Morgan fingerprint density at radius 3 is 1.88 bits per heavy atom. The van der Waals surface area contributed by atoms with Gasteiger partial charge in [-0.2, -0.15) is 17.7 Å². The van der Waals surface area contributed by atoms with E-state index in [0.29, 0.717) is 25.8 Å². The number of carbonyl (C=O) groups excluding carboxylic acids is 6. The fourth-order valence-corrected chi connectivity index (χ4v) is 9.06. The summed E-state index contributed by atoms with van der Waals surface area (Å²) in [6.45, 7) is 1.57. The van der Waals surface area contributed by atoms with Crippen LogP contribution in [0.2, 0.25) is 0 Å². The average molecular weight is 1120 g/mol. The molecule has 5 aromatic carbocycles. The number of aryl methyl sites for hydroxylation is 1. The maximum Gasteiger partial charge on any atom is 0.430 e. The molecule has 6 aromatic rings. The van der Waals surface area contributed by atoms with Gasteiger partial charge in [-0.3, -0.25) is 34.3 Å². The van der Waals surface area contributed by atoms with E-state index >= 15 is 0 Å². The number of phenolic OH excluding ortho intramolecular Hbond substituents is 1. The maximum absolute atomic E-state index is 14.0. The number of halogens is 3. The van der Waals surface area contributed by atoms with Crippen molar-refractivity contribution in [3.63, 3.8) is 0 Å². The number of nitrogens with two attached hydrogens (primary N) is 1. The minimum atomic E-state index is -5.19. The number of hydrogen-bond acceptors (Lipinski definition) is 11. The summed E-state index contributed by atoms with van der Waals surface area (Å²) in [7, 11) is 4.04. The van der Waals surface area contributed by atoms with Gasteiger partial charge < -0.3 is 46.9 Å². The average Bonchev–Trinajstić information content (AvgIpc) is 3.87. The summed E-state index contributed by atoms with van der Waals surface area (Å²) >= 11 is 1.71. The third-order valence-electron chi connectivity index (χ3n) is 12.0. The molecule has 1 heterocycles. The Morgan fingerprint density at radius 1 is 0.713 bits per heavy atom. The second-order valence-electron chi connectivity index (χ2n) is 18.4. The Balaban J connectivity index is 0.00000157. The Kier molecular flexibility index (Phi) is 24.9. The Bertz CT molecular complexity index is 3020. The number of aliphatic imine (C=N–C) groups is 1. The molecule has 0 unspecified atom stereocenters. The summed E-state index contributed by atoms with van der Waals surface area (Å²) in [6.07, 6.45) is 5.03. The summed E-state index contributed by atoms with van der Waals surface area (Å²) in [4.78, 5) is 80.5. The number of fused-ring (bicyclic) bond motifs is 1. The van der Waals surface area contributed by atoms with Crippen LogP contribution in [0.25, 0.3) is 22.4 Å². The van der Waals surface area contributed by atoms with Crippen LogP contribution in [0.4, 0.5) is 18.9 Å². The first-order valence-electron chi connectivity index (χ1n) is 25.8. The van der Waals surface area contributed by atoms with Crippen LogP contribution in [0.15, 0.2) is 151 Å². The van der Waals surface area contributed by atoms with Gasteiger partial charge in [0.15, 0.2) is 12.5 Å². The zero-order chi connectivity index (χ0) is 57.9. The van der Waals surface area contributed by atoms with Crippen molar-refractivity contribution in [2.24, 2.45) is 10.7 Å². The number of carboxylic acid groups (broad SMARTS) is 1. The number of carboxylic acids is 1. The zero-order valence-electron chi connectivity index (χ0n) is 44.4. The first kappa shape index (κ1) is 62.0. The molecule has 21 heteroatoms. The number of nitrogens with zero attached hydrogens (tertiary/aromatic N) is 3. The first-order chi connectivity index (χ1) is 38.4. The van der Waals surface area contributed by atoms with Crippen molar-refractivity contribution in [1.82, 2.24) is 26.6 Å². The summed E-state index contributed by atoms with van der Waals surface area (Å²) in [5.74, 6) is -5.12. The summed E-state index contributed by atoms with van der Waals surface area (Å²) in [5.41, 5.74) is 11.7. The first-order valence-corrected chi connectivity index (χ1v) is 26.6. The lowest BCUT2D eigenvalue weighted by molar-refractivity contribution is -0.669. The number of anilines is 1. The third kappa shape index (κ3) is 21.5. The fraction of sp³-hybridized carbons (Fsp3) is 0.288. The highest BCUT2D eigenvalue weighted by Gasteiger charge is 2.29. The quantitative estimate of drug-likeness (QED) is 0.0110. The van der Waals surface area contributed by atoms with Crippen LogP contribution < -0.4 is 46.9 Å². The number of phenols is 1. The molecule has 8 N–H and O–H groups in total. The van der Waals surface area contributed by atoms with Crippen molar-refractivity contribution in [1.29, 1.82) is 0 Å². The van der Waals surface area contributed by atoms with E-state index in [1.54, 1.807) is 23.5 Å².